The Hall–Kier alpha value is -1.61. The van der Waals surface area contributed by atoms with Crippen LogP contribution in [-0.4, -0.2) is 15.6 Å². The lowest BCUT2D eigenvalue weighted by atomic mass is 10.0. The standard InChI is InChI=1S/C18H25N3/c1-13-9-14(2)11-16(10-13)15(3)20-17-5-4-6-18(17)21-8-7-19-12-21/h7-12,15,17-18,20H,4-6H2,1-3H3. The van der Waals surface area contributed by atoms with Gasteiger partial charge in [-0.05, 0) is 45.6 Å². The van der Waals surface area contributed by atoms with E-state index in [-0.39, 0.29) is 0 Å². The van der Waals surface area contributed by atoms with Gasteiger partial charge in [0.15, 0.2) is 0 Å². The van der Waals surface area contributed by atoms with Gasteiger partial charge < -0.3 is 9.88 Å². The van der Waals surface area contributed by atoms with Gasteiger partial charge in [-0.25, -0.2) is 4.98 Å². The smallest absolute Gasteiger partial charge is 0.0949 e. The topological polar surface area (TPSA) is 29.9 Å². The van der Waals surface area contributed by atoms with Crippen molar-refractivity contribution >= 4 is 0 Å². The normalized spacial score (nSPS) is 23.4. The number of nitrogens with zero attached hydrogens (tertiary/aromatic N) is 2. The Labute approximate surface area is 127 Å². The molecule has 1 aromatic heterocycles. The van der Waals surface area contributed by atoms with Crippen LogP contribution in [-0.2, 0) is 0 Å². The summed E-state index contributed by atoms with van der Waals surface area (Å²) in [6.45, 7) is 6.62. The Morgan fingerprint density at radius 1 is 1.19 bits per heavy atom. The highest BCUT2D eigenvalue weighted by atomic mass is 15.1. The number of aromatic nitrogens is 2. The first-order valence-corrected chi connectivity index (χ1v) is 7.95. The molecule has 1 saturated carbocycles. The molecule has 0 bridgehead atoms. The van der Waals surface area contributed by atoms with Gasteiger partial charge in [-0.15, -0.1) is 0 Å². The largest absolute Gasteiger partial charge is 0.333 e. The van der Waals surface area contributed by atoms with Crippen molar-refractivity contribution in [2.24, 2.45) is 0 Å². The van der Waals surface area contributed by atoms with Crippen molar-refractivity contribution in [3.05, 3.63) is 53.6 Å². The maximum atomic E-state index is 4.20. The van der Waals surface area contributed by atoms with Gasteiger partial charge in [-0.3, -0.25) is 0 Å². The fourth-order valence-corrected chi connectivity index (χ4v) is 3.63. The van der Waals surface area contributed by atoms with E-state index in [1.807, 2.05) is 12.5 Å². The second-order valence-corrected chi connectivity index (χ2v) is 6.42. The van der Waals surface area contributed by atoms with Crippen LogP contribution in [0.25, 0.3) is 0 Å². The van der Waals surface area contributed by atoms with Crippen LogP contribution in [0.5, 0.6) is 0 Å². The summed E-state index contributed by atoms with van der Waals surface area (Å²) >= 11 is 0. The molecule has 3 unspecified atom stereocenters. The molecular weight excluding hydrogens is 258 g/mol. The maximum absolute atomic E-state index is 4.20. The van der Waals surface area contributed by atoms with Gasteiger partial charge in [0, 0.05) is 30.5 Å². The lowest BCUT2D eigenvalue weighted by Crippen LogP contribution is -2.35. The quantitative estimate of drug-likeness (QED) is 0.921. The van der Waals surface area contributed by atoms with E-state index in [4.69, 9.17) is 0 Å². The van der Waals surface area contributed by atoms with Crippen LogP contribution in [0.1, 0.15) is 55.0 Å². The van der Waals surface area contributed by atoms with Gasteiger partial charge in [0.25, 0.3) is 0 Å². The van der Waals surface area contributed by atoms with Crippen LogP contribution in [0, 0.1) is 13.8 Å². The Kier molecular flexibility index (Phi) is 4.11. The third-order valence-electron chi connectivity index (χ3n) is 4.60. The highest BCUT2D eigenvalue weighted by molar-refractivity contribution is 5.30. The minimum absolute atomic E-state index is 0.387. The van der Waals surface area contributed by atoms with Crippen LogP contribution in [0.4, 0.5) is 0 Å². The van der Waals surface area contributed by atoms with E-state index >= 15 is 0 Å². The van der Waals surface area contributed by atoms with E-state index in [2.05, 4.69) is 60.0 Å². The van der Waals surface area contributed by atoms with Gasteiger partial charge >= 0.3 is 0 Å². The SMILES string of the molecule is Cc1cc(C)cc(C(C)NC2CCCC2n2ccnc2)c1. The first-order chi connectivity index (χ1) is 10.1. The Morgan fingerprint density at radius 3 is 2.62 bits per heavy atom. The van der Waals surface area contributed by atoms with Crippen molar-refractivity contribution in [3.8, 4) is 0 Å². The first kappa shape index (κ1) is 14.3. The number of benzene rings is 1. The molecule has 3 nitrogen and oxygen atoms in total. The molecule has 3 heteroatoms. The molecule has 1 N–H and O–H groups in total. The predicted octanol–water partition coefficient (Wildman–Crippen LogP) is 3.94. The molecule has 0 aliphatic heterocycles. The van der Waals surface area contributed by atoms with Gasteiger partial charge in [0.2, 0.25) is 0 Å². The molecule has 1 aromatic carbocycles. The van der Waals surface area contributed by atoms with Crippen molar-refractivity contribution < 1.29 is 0 Å². The van der Waals surface area contributed by atoms with Crippen molar-refractivity contribution in [2.45, 2.75) is 58.2 Å². The summed E-state index contributed by atoms with van der Waals surface area (Å²) in [4.78, 5) is 4.20. The maximum Gasteiger partial charge on any atom is 0.0949 e. The number of aryl methyl sites for hydroxylation is 2. The van der Waals surface area contributed by atoms with Gasteiger partial charge in [0.1, 0.15) is 0 Å². The number of imidazole rings is 1. The predicted molar refractivity (Wildman–Crippen MR) is 86.4 cm³/mol. The van der Waals surface area contributed by atoms with Crippen molar-refractivity contribution in [1.82, 2.24) is 14.9 Å². The van der Waals surface area contributed by atoms with Gasteiger partial charge in [-0.1, -0.05) is 29.3 Å². The summed E-state index contributed by atoms with van der Waals surface area (Å²) in [7, 11) is 0. The molecule has 0 spiro atoms. The highest BCUT2D eigenvalue weighted by Crippen LogP contribution is 2.31. The monoisotopic (exact) mass is 283 g/mol. The zero-order valence-electron chi connectivity index (χ0n) is 13.2. The van der Waals surface area contributed by atoms with Crippen molar-refractivity contribution in [3.63, 3.8) is 0 Å². The average Bonchev–Trinajstić information content (AvgIpc) is 3.07. The molecule has 0 saturated heterocycles. The summed E-state index contributed by atoms with van der Waals surface area (Å²) in [6.07, 6.45) is 9.70. The van der Waals surface area contributed by atoms with Crippen LogP contribution < -0.4 is 5.32 Å². The van der Waals surface area contributed by atoms with Crippen LogP contribution in [0.15, 0.2) is 36.9 Å². The fraction of sp³-hybridized carbons (Fsp3) is 0.500. The number of hydrogen-bond donors (Lipinski definition) is 1. The summed E-state index contributed by atoms with van der Waals surface area (Å²) in [6, 6.07) is 8.30. The third kappa shape index (κ3) is 3.18. The van der Waals surface area contributed by atoms with E-state index in [1.54, 1.807) is 0 Å². The van der Waals surface area contributed by atoms with Gasteiger partial charge in [-0.2, -0.15) is 0 Å². The molecule has 3 rings (SSSR count). The van der Waals surface area contributed by atoms with Crippen LogP contribution >= 0.6 is 0 Å². The summed E-state index contributed by atoms with van der Waals surface area (Å²) in [5.41, 5.74) is 4.08. The molecule has 1 heterocycles. The molecule has 3 atom stereocenters. The summed E-state index contributed by atoms with van der Waals surface area (Å²) in [5.74, 6) is 0. The molecule has 1 aliphatic rings. The summed E-state index contributed by atoms with van der Waals surface area (Å²) < 4.78 is 2.26. The molecule has 0 radical (unpaired) electrons. The molecule has 0 amide bonds. The van der Waals surface area contributed by atoms with Crippen LogP contribution in [0.3, 0.4) is 0 Å². The van der Waals surface area contributed by atoms with Gasteiger partial charge in [0.05, 0.1) is 6.33 Å². The summed E-state index contributed by atoms with van der Waals surface area (Å²) in [5, 5.41) is 3.84. The van der Waals surface area contributed by atoms with Crippen LogP contribution in [0.2, 0.25) is 0 Å². The molecule has 2 aromatic rings. The first-order valence-electron chi connectivity index (χ1n) is 7.95. The number of nitrogens with one attached hydrogen (secondary N) is 1. The highest BCUT2D eigenvalue weighted by Gasteiger charge is 2.29. The molecule has 112 valence electrons. The minimum atomic E-state index is 0.387. The third-order valence-corrected chi connectivity index (χ3v) is 4.60. The minimum Gasteiger partial charge on any atom is -0.333 e. The lowest BCUT2D eigenvalue weighted by Gasteiger charge is -2.26. The zero-order valence-corrected chi connectivity index (χ0v) is 13.2. The van der Waals surface area contributed by atoms with E-state index in [0.29, 0.717) is 18.1 Å². The number of rotatable bonds is 4. The Bertz CT molecular complexity index is 568. The van der Waals surface area contributed by atoms with E-state index in [0.717, 1.165) is 0 Å². The Morgan fingerprint density at radius 2 is 1.95 bits per heavy atom. The average molecular weight is 283 g/mol. The molecule has 1 aliphatic carbocycles. The van der Waals surface area contributed by atoms with E-state index < -0.39 is 0 Å². The van der Waals surface area contributed by atoms with Crippen molar-refractivity contribution in [2.75, 3.05) is 0 Å². The Balaban J connectivity index is 1.73. The molecule has 1 fully saturated rings. The van der Waals surface area contributed by atoms with E-state index in [1.165, 1.54) is 36.0 Å². The zero-order chi connectivity index (χ0) is 14.8. The second kappa shape index (κ2) is 6.02. The van der Waals surface area contributed by atoms with Crippen molar-refractivity contribution in [1.29, 1.82) is 0 Å². The molecule has 21 heavy (non-hydrogen) atoms. The number of hydrogen-bond acceptors (Lipinski definition) is 2. The molecular formula is C18H25N3. The fourth-order valence-electron chi connectivity index (χ4n) is 3.63. The second-order valence-electron chi connectivity index (χ2n) is 6.42. The van der Waals surface area contributed by atoms with E-state index in [9.17, 15) is 0 Å². The lowest BCUT2D eigenvalue weighted by molar-refractivity contribution is 0.362.